The number of carboxylic acid groups (broad SMARTS) is 1. The van der Waals surface area contributed by atoms with Gasteiger partial charge in [0.15, 0.2) is 0 Å². The van der Waals surface area contributed by atoms with Crippen molar-refractivity contribution in [2.75, 3.05) is 0 Å². The molecule has 0 aliphatic heterocycles. The first kappa shape index (κ1) is 16.0. The number of alkyl halides is 3. The van der Waals surface area contributed by atoms with Crippen molar-refractivity contribution >= 4 is 5.97 Å². The monoisotopic (exact) mass is 312 g/mol. The highest BCUT2D eigenvalue weighted by Gasteiger charge is 2.33. The zero-order valence-corrected chi connectivity index (χ0v) is 11.5. The quantitative estimate of drug-likeness (QED) is 0.834. The fourth-order valence-electron chi connectivity index (χ4n) is 2.13. The van der Waals surface area contributed by atoms with Crippen LogP contribution in [-0.4, -0.2) is 11.1 Å². The molecule has 6 heteroatoms. The summed E-state index contributed by atoms with van der Waals surface area (Å²) in [6, 6.07) is 8.13. The van der Waals surface area contributed by atoms with E-state index in [1.807, 2.05) is 0 Å². The molecule has 0 aliphatic rings. The third kappa shape index (κ3) is 3.10. The zero-order valence-electron chi connectivity index (χ0n) is 11.5. The van der Waals surface area contributed by atoms with Crippen molar-refractivity contribution in [2.45, 2.75) is 19.0 Å². The molecule has 2 aromatic rings. The second kappa shape index (κ2) is 5.79. The van der Waals surface area contributed by atoms with E-state index in [9.17, 15) is 22.4 Å². The summed E-state index contributed by atoms with van der Waals surface area (Å²) in [6.45, 7) is 1.38. The van der Waals surface area contributed by atoms with E-state index in [0.717, 1.165) is 12.1 Å². The highest BCUT2D eigenvalue weighted by Crippen LogP contribution is 2.38. The predicted octanol–water partition coefficient (Wildman–Crippen LogP) is 4.70. The Bertz CT molecular complexity index is 708. The summed E-state index contributed by atoms with van der Waals surface area (Å²) in [4.78, 5) is 10.9. The molecule has 2 rings (SSSR count). The molecule has 0 fully saturated rings. The van der Waals surface area contributed by atoms with Gasteiger partial charge >= 0.3 is 12.1 Å². The molecular weight excluding hydrogens is 300 g/mol. The number of carbonyl (C=O) groups is 1. The molecule has 2 aromatic carbocycles. The van der Waals surface area contributed by atoms with Crippen LogP contribution < -0.4 is 0 Å². The van der Waals surface area contributed by atoms with Crippen LogP contribution >= 0.6 is 0 Å². The largest absolute Gasteiger partial charge is 0.481 e. The molecule has 2 nitrogen and oxygen atoms in total. The summed E-state index contributed by atoms with van der Waals surface area (Å²) in [5, 5.41) is 8.89. The minimum Gasteiger partial charge on any atom is -0.481 e. The molecule has 1 atom stereocenters. The highest BCUT2D eigenvalue weighted by molar-refractivity contribution is 5.76. The lowest BCUT2D eigenvalue weighted by Gasteiger charge is -2.14. The average Bonchev–Trinajstić information content (AvgIpc) is 2.45. The van der Waals surface area contributed by atoms with E-state index in [4.69, 9.17) is 5.11 Å². The molecule has 0 saturated carbocycles. The van der Waals surface area contributed by atoms with Crippen LogP contribution in [0.25, 0.3) is 11.1 Å². The number of benzene rings is 2. The van der Waals surface area contributed by atoms with Gasteiger partial charge in [0.1, 0.15) is 5.82 Å². The number of rotatable bonds is 3. The van der Waals surface area contributed by atoms with E-state index < -0.39 is 29.4 Å². The van der Waals surface area contributed by atoms with Gasteiger partial charge in [0, 0.05) is 5.56 Å². The van der Waals surface area contributed by atoms with Gasteiger partial charge < -0.3 is 5.11 Å². The minimum atomic E-state index is -4.60. The zero-order chi connectivity index (χ0) is 16.5. The van der Waals surface area contributed by atoms with Crippen molar-refractivity contribution in [3.63, 3.8) is 0 Å². The molecule has 0 heterocycles. The van der Waals surface area contributed by atoms with Crippen LogP contribution in [0, 0.1) is 5.82 Å². The molecule has 1 N–H and O–H groups in total. The van der Waals surface area contributed by atoms with Crippen LogP contribution in [0.4, 0.5) is 17.6 Å². The van der Waals surface area contributed by atoms with Crippen molar-refractivity contribution < 1.29 is 27.5 Å². The lowest BCUT2D eigenvalue weighted by atomic mass is 9.94. The maximum absolute atomic E-state index is 14.2. The summed E-state index contributed by atoms with van der Waals surface area (Å²) in [6.07, 6.45) is -4.60. The van der Waals surface area contributed by atoms with Crippen molar-refractivity contribution in [2.24, 2.45) is 0 Å². The Morgan fingerprint density at radius 2 is 1.73 bits per heavy atom. The van der Waals surface area contributed by atoms with Crippen LogP contribution in [0.2, 0.25) is 0 Å². The first-order valence-corrected chi connectivity index (χ1v) is 6.40. The molecule has 0 aromatic heterocycles. The molecule has 0 aliphatic carbocycles. The summed E-state index contributed by atoms with van der Waals surface area (Å²) < 4.78 is 53.1. The summed E-state index contributed by atoms with van der Waals surface area (Å²) in [5.74, 6) is -2.97. The van der Waals surface area contributed by atoms with Gasteiger partial charge in [0.2, 0.25) is 0 Å². The number of carboxylic acids is 1. The number of halogens is 4. The normalized spacial score (nSPS) is 13.0. The molecule has 0 spiro atoms. The fraction of sp³-hybridized carbons (Fsp3) is 0.188. The Kier molecular flexibility index (Phi) is 4.21. The summed E-state index contributed by atoms with van der Waals surface area (Å²) in [5.41, 5.74) is -1.23. The van der Waals surface area contributed by atoms with E-state index in [0.29, 0.717) is 0 Å². The Hall–Kier alpha value is -2.37. The maximum Gasteiger partial charge on any atom is 0.417 e. The number of hydrogen-bond donors (Lipinski definition) is 1. The lowest BCUT2D eigenvalue weighted by Crippen LogP contribution is -2.09. The third-order valence-corrected chi connectivity index (χ3v) is 3.39. The molecule has 22 heavy (non-hydrogen) atoms. The van der Waals surface area contributed by atoms with E-state index in [1.165, 1.54) is 37.3 Å². The third-order valence-electron chi connectivity index (χ3n) is 3.39. The van der Waals surface area contributed by atoms with Crippen LogP contribution in [0.15, 0.2) is 42.5 Å². The highest BCUT2D eigenvalue weighted by atomic mass is 19.4. The average molecular weight is 312 g/mol. The second-order valence-corrected chi connectivity index (χ2v) is 4.84. The molecular formula is C16H12F4O2. The van der Waals surface area contributed by atoms with E-state index in [1.54, 1.807) is 0 Å². The van der Waals surface area contributed by atoms with Crippen molar-refractivity contribution in [1.82, 2.24) is 0 Å². The molecule has 1 unspecified atom stereocenters. The van der Waals surface area contributed by atoms with Gasteiger partial charge in [-0.05, 0) is 30.2 Å². The van der Waals surface area contributed by atoms with Gasteiger partial charge in [0.25, 0.3) is 0 Å². The maximum atomic E-state index is 14.2. The van der Waals surface area contributed by atoms with Crippen molar-refractivity contribution in [3.05, 3.63) is 59.4 Å². The van der Waals surface area contributed by atoms with Crippen molar-refractivity contribution in [1.29, 1.82) is 0 Å². The van der Waals surface area contributed by atoms with Gasteiger partial charge in [0.05, 0.1) is 11.5 Å². The first-order chi connectivity index (χ1) is 10.2. The van der Waals surface area contributed by atoms with Gasteiger partial charge in [-0.25, -0.2) is 4.39 Å². The second-order valence-electron chi connectivity index (χ2n) is 4.84. The summed E-state index contributed by atoms with van der Waals surface area (Å²) in [7, 11) is 0. The predicted molar refractivity (Wildman–Crippen MR) is 72.9 cm³/mol. The minimum absolute atomic E-state index is 0.193. The number of hydrogen-bond acceptors (Lipinski definition) is 1. The van der Waals surface area contributed by atoms with Gasteiger partial charge in [-0.2, -0.15) is 13.2 Å². The molecule has 0 radical (unpaired) electrons. The SMILES string of the molecule is CC(C(=O)O)c1ccc(-c2ccccc2C(F)(F)F)c(F)c1. The molecule has 0 saturated heterocycles. The Morgan fingerprint density at radius 3 is 2.27 bits per heavy atom. The van der Waals surface area contributed by atoms with Crippen molar-refractivity contribution in [3.8, 4) is 11.1 Å². The van der Waals surface area contributed by atoms with E-state index >= 15 is 0 Å². The Labute approximate surface area is 124 Å². The molecule has 0 amide bonds. The van der Waals surface area contributed by atoms with Crippen LogP contribution in [0.1, 0.15) is 24.0 Å². The smallest absolute Gasteiger partial charge is 0.417 e. The van der Waals surface area contributed by atoms with E-state index in [-0.39, 0.29) is 16.7 Å². The van der Waals surface area contributed by atoms with Crippen LogP contribution in [0.5, 0.6) is 0 Å². The fourth-order valence-corrected chi connectivity index (χ4v) is 2.13. The van der Waals surface area contributed by atoms with Crippen LogP contribution in [-0.2, 0) is 11.0 Å². The molecule has 116 valence electrons. The Morgan fingerprint density at radius 1 is 1.09 bits per heavy atom. The number of aliphatic carboxylic acids is 1. The van der Waals surface area contributed by atoms with Crippen LogP contribution in [0.3, 0.4) is 0 Å². The van der Waals surface area contributed by atoms with Gasteiger partial charge in [-0.15, -0.1) is 0 Å². The van der Waals surface area contributed by atoms with Gasteiger partial charge in [-0.1, -0.05) is 30.3 Å². The standard InChI is InChI=1S/C16H12F4O2/c1-9(15(21)22)10-6-7-12(14(17)8-10)11-4-2-3-5-13(11)16(18,19)20/h2-9H,1H3,(H,21,22). The topological polar surface area (TPSA) is 37.3 Å². The first-order valence-electron chi connectivity index (χ1n) is 6.40. The lowest BCUT2D eigenvalue weighted by molar-refractivity contribution is -0.138. The molecule has 0 bridgehead atoms. The Balaban J connectivity index is 2.54. The van der Waals surface area contributed by atoms with Gasteiger partial charge in [-0.3, -0.25) is 4.79 Å². The van der Waals surface area contributed by atoms with E-state index in [2.05, 4.69) is 0 Å². The summed E-state index contributed by atoms with van der Waals surface area (Å²) >= 11 is 0.